The summed E-state index contributed by atoms with van der Waals surface area (Å²) in [5.74, 6) is -3.90. The molecule has 0 aromatic rings. The molecule has 2 rings (SSSR count). The molecule has 10 nitrogen and oxygen atoms in total. The number of aliphatic hydroxyl groups excluding tert-OH is 1. The number of hydrogen-bond acceptors (Lipinski definition) is 8. The molecule has 2 aliphatic rings. The molecule has 2 aliphatic heterocycles. The fraction of sp³-hybridized carbons (Fsp3) is 0.857. The molecular formula is C7H10O10S. The minimum absolute atomic E-state index is 1.14. The normalized spacial score (nSPS) is 47.4. The highest BCUT2D eigenvalue weighted by Crippen LogP contribution is 2.56. The van der Waals surface area contributed by atoms with E-state index >= 15 is 0 Å². The van der Waals surface area contributed by atoms with Crippen molar-refractivity contribution in [3.8, 4) is 0 Å². The highest BCUT2D eigenvalue weighted by Gasteiger charge is 2.81. The van der Waals surface area contributed by atoms with Gasteiger partial charge in [-0.25, -0.2) is 8.98 Å². The smallest absolute Gasteiger partial charge is 0.398 e. The SMILES string of the molecule is C[C@]12O[C@]1(O)[C@@H](OS(=O)(=O)O)[C@H](O)O[C@H]2C(=O)O. The molecule has 11 heteroatoms. The first-order valence-electron chi connectivity index (χ1n) is 4.66. The maximum atomic E-state index is 10.8. The predicted molar refractivity (Wildman–Crippen MR) is 49.4 cm³/mol. The summed E-state index contributed by atoms with van der Waals surface area (Å²) in [7, 11) is -4.99. The van der Waals surface area contributed by atoms with Gasteiger partial charge in [-0.2, -0.15) is 8.42 Å². The second-order valence-electron chi connectivity index (χ2n) is 4.10. The van der Waals surface area contributed by atoms with Crippen molar-refractivity contribution < 1.29 is 46.7 Å². The Morgan fingerprint density at radius 2 is 2.00 bits per heavy atom. The molecule has 0 spiro atoms. The molecule has 5 atom stereocenters. The van der Waals surface area contributed by atoms with Crippen molar-refractivity contribution >= 4 is 16.4 Å². The Hall–Kier alpha value is -0.820. The van der Waals surface area contributed by atoms with Crippen molar-refractivity contribution in [3.05, 3.63) is 0 Å². The van der Waals surface area contributed by atoms with Gasteiger partial charge in [-0.1, -0.05) is 0 Å². The molecule has 0 radical (unpaired) electrons. The molecule has 2 saturated heterocycles. The van der Waals surface area contributed by atoms with Gasteiger partial charge in [-0.05, 0) is 6.92 Å². The zero-order chi connectivity index (χ0) is 13.9. The highest BCUT2D eigenvalue weighted by molar-refractivity contribution is 7.80. The summed E-state index contributed by atoms with van der Waals surface area (Å²) in [6.07, 6.45) is -5.81. The minimum atomic E-state index is -4.99. The number of aliphatic hydroxyl groups is 2. The van der Waals surface area contributed by atoms with E-state index in [1.54, 1.807) is 0 Å². The van der Waals surface area contributed by atoms with Crippen LogP contribution in [0.2, 0.25) is 0 Å². The second kappa shape index (κ2) is 3.60. The molecule has 0 saturated carbocycles. The molecule has 2 heterocycles. The molecule has 0 amide bonds. The molecule has 0 unspecified atom stereocenters. The van der Waals surface area contributed by atoms with E-state index in [0.29, 0.717) is 0 Å². The van der Waals surface area contributed by atoms with E-state index in [-0.39, 0.29) is 0 Å². The van der Waals surface area contributed by atoms with Crippen molar-refractivity contribution in [2.75, 3.05) is 0 Å². The van der Waals surface area contributed by atoms with E-state index in [1.807, 2.05) is 0 Å². The van der Waals surface area contributed by atoms with E-state index < -0.39 is 46.3 Å². The topological polar surface area (TPSA) is 163 Å². The van der Waals surface area contributed by atoms with Crippen LogP contribution in [0.1, 0.15) is 6.92 Å². The maximum absolute atomic E-state index is 10.8. The van der Waals surface area contributed by atoms with Gasteiger partial charge < -0.3 is 24.8 Å². The van der Waals surface area contributed by atoms with E-state index in [4.69, 9.17) is 14.4 Å². The van der Waals surface area contributed by atoms with Crippen molar-refractivity contribution in [2.45, 2.75) is 36.8 Å². The number of fused-ring (bicyclic) bond motifs is 1. The van der Waals surface area contributed by atoms with Gasteiger partial charge in [0.1, 0.15) is 0 Å². The van der Waals surface area contributed by atoms with Gasteiger partial charge in [0.2, 0.25) is 5.79 Å². The minimum Gasteiger partial charge on any atom is -0.479 e. The predicted octanol–water partition coefficient (Wildman–Crippen LogP) is -2.55. The third-order valence-corrected chi connectivity index (χ3v) is 3.36. The zero-order valence-electron chi connectivity index (χ0n) is 8.88. The summed E-state index contributed by atoms with van der Waals surface area (Å²) in [6, 6.07) is 0. The largest absolute Gasteiger partial charge is 0.479 e. The molecule has 104 valence electrons. The van der Waals surface area contributed by atoms with Gasteiger partial charge in [0, 0.05) is 0 Å². The highest BCUT2D eigenvalue weighted by atomic mass is 32.3. The second-order valence-corrected chi connectivity index (χ2v) is 5.14. The van der Waals surface area contributed by atoms with Crippen molar-refractivity contribution in [1.82, 2.24) is 0 Å². The fourth-order valence-corrected chi connectivity index (χ4v) is 2.44. The number of carbonyl (C=O) groups is 1. The third kappa shape index (κ3) is 1.80. The Morgan fingerprint density at radius 3 is 2.44 bits per heavy atom. The van der Waals surface area contributed by atoms with E-state index in [2.05, 4.69) is 8.92 Å². The van der Waals surface area contributed by atoms with Gasteiger partial charge in [0.05, 0.1) is 0 Å². The Morgan fingerprint density at radius 1 is 1.44 bits per heavy atom. The lowest BCUT2D eigenvalue weighted by Crippen LogP contribution is -2.59. The van der Waals surface area contributed by atoms with E-state index in [1.165, 1.54) is 0 Å². The van der Waals surface area contributed by atoms with Crippen LogP contribution in [0.4, 0.5) is 0 Å². The van der Waals surface area contributed by atoms with Crippen molar-refractivity contribution in [3.63, 3.8) is 0 Å². The van der Waals surface area contributed by atoms with Crippen LogP contribution in [0.25, 0.3) is 0 Å². The lowest BCUT2D eigenvalue weighted by Gasteiger charge is -2.33. The van der Waals surface area contributed by atoms with Crippen molar-refractivity contribution in [2.24, 2.45) is 0 Å². The summed E-state index contributed by atoms with van der Waals surface area (Å²) in [5, 5.41) is 28.1. The van der Waals surface area contributed by atoms with Crippen LogP contribution < -0.4 is 0 Å². The molecule has 2 fully saturated rings. The summed E-state index contributed by atoms with van der Waals surface area (Å²) in [4.78, 5) is 10.8. The average molecular weight is 286 g/mol. The number of carboxylic acid groups (broad SMARTS) is 1. The Kier molecular flexibility index (Phi) is 2.72. The summed E-state index contributed by atoms with van der Waals surface area (Å²) in [6.45, 7) is 1.14. The molecule has 0 aliphatic carbocycles. The molecule has 0 bridgehead atoms. The van der Waals surface area contributed by atoms with Crippen LogP contribution in [0.15, 0.2) is 0 Å². The van der Waals surface area contributed by atoms with Crippen LogP contribution in [0.3, 0.4) is 0 Å². The van der Waals surface area contributed by atoms with Crippen LogP contribution in [0.5, 0.6) is 0 Å². The summed E-state index contributed by atoms with van der Waals surface area (Å²) >= 11 is 0. The standard InChI is InChI=1S/C7H10O10S/c1-6-2(4(8)9)15-5(10)3(7(6,11)17-6)16-18(12,13)14/h2-3,5,10-11H,1H3,(H,8,9)(H,12,13,14)/t2-,3-,5+,6+,7+/m0/s1. The lowest BCUT2D eigenvalue weighted by atomic mass is 9.91. The lowest BCUT2D eigenvalue weighted by molar-refractivity contribution is -0.250. The van der Waals surface area contributed by atoms with E-state index in [0.717, 1.165) is 6.92 Å². The van der Waals surface area contributed by atoms with Crippen LogP contribution in [0, 0.1) is 0 Å². The third-order valence-electron chi connectivity index (χ3n) is 2.91. The van der Waals surface area contributed by atoms with Crippen LogP contribution >= 0.6 is 0 Å². The molecule has 18 heavy (non-hydrogen) atoms. The number of ether oxygens (including phenoxy) is 2. The maximum Gasteiger partial charge on any atom is 0.398 e. The van der Waals surface area contributed by atoms with E-state index in [9.17, 15) is 23.4 Å². The Bertz CT molecular complexity index is 486. The quantitative estimate of drug-likeness (QED) is 0.321. The number of hydrogen-bond donors (Lipinski definition) is 4. The van der Waals surface area contributed by atoms with Crippen molar-refractivity contribution in [1.29, 1.82) is 0 Å². The number of epoxide rings is 1. The van der Waals surface area contributed by atoms with Crippen LogP contribution in [-0.4, -0.2) is 64.1 Å². The molecule has 0 aromatic heterocycles. The van der Waals surface area contributed by atoms with Gasteiger partial charge in [-0.3, -0.25) is 4.55 Å². The fourth-order valence-electron chi connectivity index (χ4n) is 1.95. The van der Waals surface area contributed by atoms with Gasteiger partial charge in [-0.15, -0.1) is 0 Å². The Balaban J connectivity index is 2.30. The monoisotopic (exact) mass is 286 g/mol. The first-order chi connectivity index (χ1) is 8.01. The summed E-state index contributed by atoms with van der Waals surface area (Å²) in [5.41, 5.74) is -1.78. The first kappa shape index (κ1) is 13.6. The summed E-state index contributed by atoms with van der Waals surface area (Å²) < 4.78 is 43.0. The molecular weight excluding hydrogens is 276 g/mol. The van der Waals surface area contributed by atoms with Gasteiger partial charge >= 0.3 is 16.4 Å². The average Bonchev–Trinajstić information content (AvgIpc) is 2.74. The molecule has 0 aromatic carbocycles. The number of rotatable bonds is 3. The molecule has 4 N–H and O–H groups in total. The van der Waals surface area contributed by atoms with Gasteiger partial charge in [0.25, 0.3) is 0 Å². The number of aliphatic carboxylic acids is 1. The number of carboxylic acids is 1. The Labute approximate surface area is 101 Å². The first-order valence-corrected chi connectivity index (χ1v) is 6.02. The zero-order valence-corrected chi connectivity index (χ0v) is 9.70. The van der Waals surface area contributed by atoms with Gasteiger partial charge in [0.15, 0.2) is 24.1 Å². The van der Waals surface area contributed by atoms with Crippen LogP contribution in [-0.2, 0) is 28.9 Å².